The minimum atomic E-state index is -0.0499. The molecule has 0 amide bonds. The van der Waals surface area contributed by atoms with E-state index in [4.69, 9.17) is 11.6 Å². The molecule has 0 fully saturated rings. The Morgan fingerprint density at radius 2 is 1.52 bits per heavy atom. The fourth-order valence-corrected chi connectivity index (χ4v) is 3.29. The van der Waals surface area contributed by atoms with Crippen LogP contribution in [0.15, 0.2) is 97.1 Å². The predicted molar refractivity (Wildman–Crippen MR) is 123 cm³/mol. The van der Waals surface area contributed by atoms with Crippen molar-refractivity contribution in [1.29, 1.82) is 0 Å². The number of likely N-dealkylation sites (N-methyl/N-ethyl adjacent to an activating group) is 1. The third-order valence-corrected chi connectivity index (χ3v) is 4.84. The summed E-state index contributed by atoms with van der Waals surface area (Å²) in [6.07, 6.45) is 1.90. The highest BCUT2D eigenvalue weighted by Gasteiger charge is 2.17. The van der Waals surface area contributed by atoms with Gasteiger partial charge in [-0.25, -0.2) is 0 Å². The van der Waals surface area contributed by atoms with Crippen LogP contribution in [0.2, 0.25) is 5.02 Å². The number of benzene rings is 3. The number of carbonyl (C=O) groups is 1. The highest BCUT2D eigenvalue weighted by atomic mass is 35.5. The molecule has 0 aliphatic heterocycles. The highest BCUT2D eigenvalue weighted by Crippen LogP contribution is 2.23. The molecule has 29 heavy (non-hydrogen) atoms. The summed E-state index contributed by atoms with van der Waals surface area (Å²) in [4.78, 5) is 15.4. The normalized spacial score (nSPS) is 11.5. The lowest BCUT2D eigenvalue weighted by Gasteiger charge is -2.18. The van der Waals surface area contributed by atoms with Crippen LogP contribution in [0, 0.1) is 0 Å². The van der Waals surface area contributed by atoms with Crippen molar-refractivity contribution in [3.8, 4) is 0 Å². The summed E-state index contributed by atoms with van der Waals surface area (Å²) in [5.41, 5.74) is 4.19. The highest BCUT2D eigenvalue weighted by molar-refractivity contribution is 6.32. The number of halogens is 1. The van der Waals surface area contributed by atoms with Crippen molar-refractivity contribution in [2.24, 2.45) is 0 Å². The second-order valence-electron chi connectivity index (χ2n) is 7.07. The number of hydrogen-bond donors (Lipinski definition) is 0. The van der Waals surface area contributed by atoms with Crippen LogP contribution in [0.1, 0.15) is 16.7 Å². The first-order chi connectivity index (χ1) is 14.0. The summed E-state index contributed by atoms with van der Waals surface area (Å²) in [6.45, 7) is 5.34. The first kappa shape index (κ1) is 20.8. The van der Waals surface area contributed by atoms with E-state index in [0.29, 0.717) is 22.7 Å². The van der Waals surface area contributed by atoms with Crippen molar-refractivity contribution >= 4 is 29.0 Å². The molecule has 0 saturated carbocycles. The maximum absolute atomic E-state index is 13.3. The van der Waals surface area contributed by atoms with E-state index in [1.54, 1.807) is 0 Å². The molecule has 0 atom stereocenters. The van der Waals surface area contributed by atoms with Gasteiger partial charge in [0, 0.05) is 29.3 Å². The van der Waals surface area contributed by atoms with Crippen LogP contribution in [-0.4, -0.2) is 24.3 Å². The fourth-order valence-electron chi connectivity index (χ4n) is 3.16. The number of Topliss-reactive ketones (excluding diaryl/α,β-unsaturated/α-hetero) is 1. The Hall–Kier alpha value is -2.94. The Morgan fingerprint density at radius 1 is 0.931 bits per heavy atom. The van der Waals surface area contributed by atoms with E-state index < -0.39 is 0 Å². The Morgan fingerprint density at radius 3 is 2.14 bits per heavy atom. The van der Waals surface area contributed by atoms with Crippen LogP contribution in [-0.2, 0) is 11.3 Å². The molecular weight excluding hydrogens is 378 g/mol. The average molecular weight is 402 g/mol. The molecule has 3 aromatic carbocycles. The molecule has 0 aromatic heterocycles. The van der Waals surface area contributed by atoms with Gasteiger partial charge >= 0.3 is 0 Å². The Kier molecular flexibility index (Phi) is 7.18. The largest absolute Gasteiger partial charge is 0.298 e. The van der Waals surface area contributed by atoms with Crippen molar-refractivity contribution in [2.75, 3.05) is 13.6 Å². The number of nitrogens with zero attached hydrogens (tertiary/aromatic N) is 1. The van der Waals surface area contributed by atoms with E-state index >= 15 is 0 Å². The minimum absolute atomic E-state index is 0.0499. The minimum Gasteiger partial charge on any atom is -0.298 e. The molecule has 0 saturated heterocycles. The molecule has 0 unspecified atom stereocenters. The molecule has 3 rings (SSSR count). The molecule has 0 N–H and O–H groups in total. The summed E-state index contributed by atoms with van der Waals surface area (Å²) in [7, 11) is 2.00. The molecule has 0 bridgehead atoms. The van der Waals surface area contributed by atoms with Gasteiger partial charge in [0.25, 0.3) is 0 Å². The number of carbonyl (C=O) groups excluding carboxylic acids is 1. The number of hydrogen-bond acceptors (Lipinski definition) is 2. The molecule has 0 radical (unpaired) electrons. The topological polar surface area (TPSA) is 20.3 Å². The standard InChI is InChI=1S/C26H24ClNO/c1-20(18-28(2)19-22-9-5-3-6-10-22)26(29)25(23-11-7-4-8-12-23)17-21-13-15-24(27)16-14-21/h3-17H,1,18-19H2,2H3/b25-17-. The first-order valence-corrected chi connectivity index (χ1v) is 9.88. The predicted octanol–water partition coefficient (Wildman–Crippen LogP) is 6.14. The van der Waals surface area contributed by atoms with Crippen molar-refractivity contribution < 1.29 is 4.79 Å². The van der Waals surface area contributed by atoms with E-state index in [0.717, 1.165) is 17.7 Å². The van der Waals surface area contributed by atoms with Crippen LogP contribution in [0.5, 0.6) is 0 Å². The van der Waals surface area contributed by atoms with E-state index in [9.17, 15) is 4.79 Å². The zero-order valence-corrected chi connectivity index (χ0v) is 17.3. The van der Waals surface area contributed by atoms with Gasteiger partial charge in [0.05, 0.1) is 0 Å². The van der Waals surface area contributed by atoms with E-state index in [-0.39, 0.29) is 5.78 Å². The summed E-state index contributed by atoms with van der Waals surface area (Å²) >= 11 is 5.99. The molecule has 3 aromatic rings. The molecule has 3 heteroatoms. The maximum Gasteiger partial charge on any atom is 0.190 e. The third-order valence-electron chi connectivity index (χ3n) is 4.59. The average Bonchev–Trinajstić information content (AvgIpc) is 2.74. The number of rotatable bonds is 8. The Bertz CT molecular complexity index is 992. The zero-order valence-electron chi connectivity index (χ0n) is 16.5. The van der Waals surface area contributed by atoms with Crippen LogP contribution in [0.4, 0.5) is 0 Å². The van der Waals surface area contributed by atoms with Gasteiger partial charge in [0.1, 0.15) is 0 Å². The fraction of sp³-hybridized carbons (Fsp3) is 0.115. The van der Waals surface area contributed by atoms with Gasteiger partial charge in [0.15, 0.2) is 5.78 Å². The van der Waals surface area contributed by atoms with Crippen molar-refractivity contribution in [1.82, 2.24) is 4.90 Å². The Balaban J connectivity index is 1.80. The van der Waals surface area contributed by atoms with E-state index in [1.165, 1.54) is 5.56 Å². The van der Waals surface area contributed by atoms with Crippen molar-refractivity contribution in [3.63, 3.8) is 0 Å². The smallest absolute Gasteiger partial charge is 0.190 e. The second-order valence-corrected chi connectivity index (χ2v) is 7.50. The van der Waals surface area contributed by atoms with Gasteiger partial charge in [-0.15, -0.1) is 0 Å². The summed E-state index contributed by atoms with van der Waals surface area (Å²) in [5, 5.41) is 0.668. The zero-order chi connectivity index (χ0) is 20.6. The van der Waals surface area contributed by atoms with Crippen LogP contribution in [0.25, 0.3) is 11.6 Å². The first-order valence-electron chi connectivity index (χ1n) is 9.50. The van der Waals surface area contributed by atoms with Gasteiger partial charge in [-0.05, 0) is 41.9 Å². The quantitative estimate of drug-likeness (QED) is 0.334. The van der Waals surface area contributed by atoms with Crippen LogP contribution < -0.4 is 0 Å². The van der Waals surface area contributed by atoms with Gasteiger partial charge in [-0.2, -0.15) is 0 Å². The van der Waals surface area contributed by atoms with Crippen molar-refractivity contribution in [2.45, 2.75) is 6.54 Å². The maximum atomic E-state index is 13.3. The van der Waals surface area contributed by atoms with Gasteiger partial charge in [-0.1, -0.05) is 91.0 Å². The number of ketones is 1. The summed E-state index contributed by atoms with van der Waals surface area (Å²) in [5.74, 6) is -0.0499. The SMILES string of the molecule is C=C(CN(C)Cc1ccccc1)C(=O)/C(=C\c1ccc(Cl)cc1)c1ccccc1. The van der Waals surface area contributed by atoms with E-state index in [1.807, 2.05) is 85.9 Å². The van der Waals surface area contributed by atoms with Crippen LogP contribution >= 0.6 is 11.6 Å². The molecular formula is C26H24ClNO. The number of allylic oxidation sites excluding steroid dienone is 1. The second kappa shape index (κ2) is 10.0. The molecule has 2 nitrogen and oxygen atoms in total. The van der Waals surface area contributed by atoms with Gasteiger partial charge in [-0.3, -0.25) is 9.69 Å². The monoisotopic (exact) mass is 401 g/mol. The van der Waals surface area contributed by atoms with Gasteiger partial charge < -0.3 is 0 Å². The molecule has 0 aliphatic carbocycles. The summed E-state index contributed by atoms with van der Waals surface area (Å²) < 4.78 is 0. The lowest BCUT2D eigenvalue weighted by atomic mass is 9.95. The van der Waals surface area contributed by atoms with Crippen LogP contribution in [0.3, 0.4) is 0 Å². The third kappa shape index (κ3) is 6.02. The molecule has 146 valence electrons. The molecule has 0 heterocycles. The van der Waals surface area contributed by atoms with E-state index in [2.05, 4.69) is 23.6 Å². The lowest BCUT2D eigenvalue weighted by Crippen LogP contribution is -2.23. The molecule has 0 aliphatic rings. The van der Waals surface area contributed by atoms with Gasteiger partial charge in [0.2, 0.25) is 0 Å². The Labute approximate surface area is 177 Å². The molecule has 0 spiro atoms. The summed E-state index contributed by atoms with van der Waals surface area (Å²) in [6, 6.07) is 27.4. The van der Waals surface area contributed by atoms with Crippen molar-refractivity contribution in [3.05, 3.63) is 119 Å². The lowest BCUT2D eigenvalue weighted by molar-refractivity contribution is -0.110.